The SMILES string of the molecule is CC1=C(c2ccccc2S(=O)(=O)O)C(=O)N=N1. The van der Waals surface area contributed by atoms with Crippen LogP contribution in [0.3, 0.4) is 0 Å². The zero-order chi connectivity index (χ0) is 12.6. The van der Waals surface area contributed by atoms with Gasteiger partial charge < -0.3 is 0 Å². The van der Waals surface area contributed by atoms with Crippen LogP contribution in [0.2, 0.25) is 0 Å². The average molecular weight is 252 g/mol. The third-order valence-corrected chi connectivity index (χ3v) is 3.21. The van der Waals surface area contributed by atoms with Gasteiger partial charge in [-0.3, -0.25) is 9.35 Å². The molecule has 17 heavy (non-hydrogen) atoms. The van der Waals surface area contributed by atoms with E-state index in [0.717, 1.165) is 0 Å². The topological polar surface area (TPSA) is 96.2 Å². The van der Waals surface area contributed by atoms with Crippen molar-refractivity contribution in [3.05, 3.63) is 35.5 Å². The largest absolute Gasteiger partial charge is 0.297 e. The molecule has 0 radical (unpaired) electrons. The number of rotatable bonds is 2. The normalized spacial score (nSPS) is 15.8. The molecule has 2 rings (SSSR count). The molecule has 1 heterocycles. The number of hydrogen-bond donors (Lipinski definition) is 1. The standard InChI is InChI=1S/C10H8N2O4S/c1-6-9(10(13)12-11-6)7-4-2-3-5-8(7)17(14,15)16/h2-5H,1H3,(H,14,15,16). The highest BCUT2D eigenvalue weighted by molar-refractivity contribution is 7.86. The minimum atomic E-state index is -4.39. The van der Waals surface area contributed by atoms with Crippen molar-refractivity contribution in [1.29, 1.82) is 0 Å². The van der Waals surface area contributed by atoms with Crippen molar-refractivity contribution >= 4 is 21.6 Å². The molecule has 1 aliphatic rings. The second-order valence-electron chi connectivity index (χ2n) is 3.44. The summed E-state index contributed by atoms with van der Waals surface area (Å²) in [5.74, 6) is -0.612. The monoisotopic (exact) mass is 252 g/mol. The second kappa shape index (κ2) is 3.86. The first-order chi connectivity index (χ1) is 7.91. The summed E-state index contributed by atoms with van der Waals surface area (Å²) >= 11 is 0. The van der Waals surface area contributed by atoms with Crippen LogP contribution in [-0.2, 0) is 14.9 Å². The fourth-order valence-electron chi connectivity index (χ4n) is 1.58. The predicted octanol–water partition coefficient (Wildman–Crippen LogP) is 1.66. The molecule has 0 saturated heterocycles. The van der Waals surface area contributed by atoms with Gasteiger partial charge in [0.15, 0.2) is 0 Å². The molecule has 6 nitrogen and oxygen atoms in total. The highest BCUT2D eigenvalue weighted by Crippen LogP contribution is 2.30. The Labute approximate surface area is 97.4 Å². The molecule has 7 heteroatoms. The van der Waals surface area contributed by atoms with E-state index in [2.05, 4.69) is 10.2 Å². The third kappa shape index (κ3) is 2.02. The lowest BCUT2D eigenvalue weighted by atomic mass is 10.0. The quantitative estimate of drug-likeness (QED) is 0.809. The van der Waals surface area contributed by atoms with Crippen molar-refractivity contribution in [2.45, 2.75) is 11.8 Å². The van der Waals surface area contributed by atoms with Gasteiger partial charge in [-0.05, 0) is 13.0 Å². The first kappa shape index (κ1) is 11.6. The van der Waals surface area contributed by atoms with Gasteiger partial charge in [-0.15, -0.1) is 5.11 Å². The summed E-state index contributed by atoms with van der Waals surface area (Å²) in [6.07, 6.45) is 0. The first-order valence-corrected chi connectivity index (χ1v) is 6.09. The molecule has 88 valence electrons. The molecule has 1 aromatic rings. The highest BCUT2D eigenvalue weighted by Gasteiger charge is 2.26. The number of carbonyl (C=O) groups is 1. The third-order valence-electron chi connectivity index (χ3n) is 2.30. The molecular weight excluding hydrogens is 244 g/mol. The molecular formula is C10H8N2O4S. The van der Waals surface area contributed by atoms with Crippen LogP contribution in [0.1, 0.15) is 12.5 Å². The maximum absolute atomic E-state index is 11.5. The zero-order valence-corrected chi connectivity index (χ0v) is 9.60. The van der Waals surface area contributed by atoms with Gasteiger partial charge in [0.05, 0.1) is 11.3 Å². The van der Waals surface area contributed by atoms with Crippen molar-refractivity contribution in [3.63, 3.8) is 0 Å². The fraction of sp³-hybridized carbons (Fsp3) is 0.100. The second-order valence-corrected chi connectivity index (χ2v) is 4.83. The van der Waals surface area contributed by atoms with Gasteiger partial charge in [-0.25, -0.2) is 0 Å². The predicted molar refractivity (Wildman–Crippen MR) is 58.7 cm³/mol. The molecule has 1 amide bonds. The van der Waals surface area contributed by atoms with Gasteiger partial charge in [0, 0.05) is 5.56 Å². The van der Waals surface area contributed by atoms with E-state index in [1.165, 1.54) is 18.2 Å². The van der Waals surface area contributed by atoms with E-state index in [0.29, 0.717) is 5.70 Å². The molecule has 0 spiro atoms. The number of hydrogen-bond acceptors (Lipinski definition) is 4. The van der Waals surface area contributed by atoms with E-state index in [4.69, 9.17) is 4.55 Å². The molecule has 0 aliphatic carbocycles. The lowest BCUT2D eigenvalue weighted by molar-refractivity contribution is -0.112. The summed E-state index contributed by atoms with van der Waals surface area (Å²) in [4.78, 5) is 11.1. The summed E-state index contributed by atoms with van der Waals surface area (Å²) in [5.41, 5.74) is 0.534. The van der Waals surface area contributed by atoms with Crippen LogP contribution in [0, 0.1) is 0 Å². The van der Waals surface area contributed by atoms with Crippen molar-refractivity contribution in [3.8, 4) is 0 Å². The molecule has 0 saturated carbocycles. The number of amides is 1. The Morgan fingerprint density at radius 2 is 1.82 bits per heavy atom. The smallest absolute Gasteiger partial charge is 0.282 e. The number of azo groups is 1. The van der Waals surface area contributed by atoms with Gasteiger partial charge in [-0.1, -0.05) is 18.2 Å². The Kier molecular flexibility index (Phi) is 2.64. The van der Waals surface area contributed by atoms with Gasteiger partial charge in [0.2, 0.25) is 0 Å². The summed E-state index contributed by atoms with van der Waals surface area (Å²) in [7, 11) is -4.39. The highest BCUT2D eigenvalue weighted by atomic mass is 32.2. The first-order valence-electron chi connectivity index (χ1n) is 4.65. The van der Waals surface area contributed by atoms with E-state index in [9.17, 15) is 13.2 Å². The van der Waals surface area contributed by atoms with Gasteiger partial charge in [0.25, 0.3) is 16.0 Å². The molecule has 1 aromatic carbocycles. The summed E-state index contributed by atoms with van der Waals surface area (Å²) in [6.45, 7) is 1.55. The summed E-state index contributed by atoms with van der Waals surface area (Å²) in [6, 6.07) is 5.67. The number of carbonyl (C=O) groups excluding carboxylic acids is 1. The van der Waals surface area contributed by atoms with E-state index >= 15 is 0 Å². The summed E-state index contributed by atoms with van der Waals surface area (Å²) < 4.78 is 31.4. The number of nitrogens with zero attached hydrogens (tertiary/aromatic N) is 2. The summed E-state index contributed by atoms with van der Waals surface area (Å²) in [5, 5.41) is 6.91. The van der Waals surface area contributed by atoms with Crippen LogP contribution in [0.15, 0.2) is 45.1 Å². The molecule has 1 N–H and O–H groups in total. The Morgan fingerprint density at radius 3 is 2.35 bits per heavy atom. The van der Waals surface area contributed by atoms with Crippen LogP contribution in [-0.4, -0.2) is 18.9 Å². The molecule has 0 bridgehead atoms. The lowest BCUT2D eigenvalue weighted by Gasteiger charge is -2.06. The minimum absolute atomic E-state index is 0.0956. The molecule has 0 fully saturated rings. The maximum atomic E-state index is 11.5. The van der Waals surface area contributed by atoms with Crippen molar-refractivity contribution in [1.82, 2.24) is 0 Å². The molecule has 0 atom stereocenters. The van der Waals surface area contributed by atoms with E-state index in [-0.39, 0.29) is 16.0 Å². The molecule has 0 unspecified atom stereocenters. The Balaban J connectivity index is 2.71. The minimum Gasteiger partial charge on any atom is -0.282 e. The number of benzene rings is 1. The fourth-order valence-corrected chi connectivity index (χ4v) is 2.28. The number of allylic oxidation sites excluding steroid dienone is 1. The Hall–Kier alpha value is -1.86. The van der Waals surface area contributed by atoms with E-state index in [1.54, 1.807) is 13.0 Å². The Morgan fingerprint density at radius 1 is 1.18 bits per heavy atom. The average Bonchev–Trinajstić information content (AvgIpc) is 2.57. The Bertz CT molecular complexity index is 659. The van der Waals surface area contributed by atoms with Crippen molar-refractivity contribution in [2.75, 3.05) is 0 Å². The van der Waals surface area contributed by atoms with E-state index in [1.807, 2.05) is 0 Å². The van der Waals surface area contributed by atoms with Gasteiger partial charge in [0.1, 0.15) is 4.90 Å². The van der Waals surface area contributed by atoms with Crippen molar-refractivity contribution < 1.29 is 17.8 Å². The molecule has 1 aliphatic heterocycles. The zero-order valence-electron chi connectivity index (χ0n) is 8.78. The van der Waals surface area contributed by atoms with Crippen LogP contribution in [0.4, 0.5) is 0 Å². The van der Waals surface area contributed by atoms with Crippen molar-refractivity contribution in [2.24, 2.45) is 10.2 Å². The van der Waals surface area contributed by atoms with Crippen LogP contribution in [0.25, 0.3) is 5.57 Å². The van der Waals surface area contributed by atoms with Crippen LogP contribution < -0.4 is 0 Å². The van der Waals surface area contributed by atoms with Gasteiger partial charge in [-0.2, -0.15) is 13.5 Å². The maximum Gasteiger partial charge on any atom is 0.297 e. The van der Waals surface area contributed by atoms with E-state index < -0.39 is 16.0 Å². The lowest BCUT2D eigenvalue weighted by Crippen LogP contribution is -2.05. The van der Waals surface area contributed by atoms with Gasteiger partial charge >= 0.3 is 0 Å². The van der Waals surface area contributed by atoms with Crippen LogP contribution >= 0.6 is 0 Å². The van der Waals surface area contributed by atoms with Crippen LogP contribution in [0.5, 0.6) is 0 Å². The molecule has 0 aromatic heterocycles.